The van der Waals surface area contributed by atoms with Gasteiger partial charge in [0.05, 0.1) is 0 Å². The van der Waals surface area contributed by atoms with Gasteiger partial charge in [-0.25, -0.2) is 0 Å². The molecule has 0 saturated heterocycles. The van der Waals surface area contributed by atoms with Crippen molar-refractivity contribution >= 4 is 19.4 Å². The standard InChI is InChI=1S/C13H18OSe/c1-2-7-12(14)8-6-11-15-13-9-4-3-5-10-13/h2-5,9-10,12,14H,1,6-8,11H2. The Balaban J connectivity index is 2.09. The van der Waals surface area contributed by atoms with Crippen molar-refractivity contribution in [1.29, 1.82) is 0 Å². The van der Waals surface area contributed by atoms with Gasteiger partial charge in [-0.05, 0) is 0 Å². The van der Waals surface area contributed by atoms with Crippen molar-refractivity contribution < 1.29 is 5.11 Å². The van der Waals surface area contributed by atoms with Crippen LogP contribution in [-0.2, 0) is 0 Å². The van der Waals surface area contributed by atoms with E-state index in [1.54, 1.807) is 6.08 Å². The predicted molar refractivity (Wildman–Crippen MR) is 66.7 cm³/mol. The molecular weight excluding hydrogens is 251 g/mol. The molecule has 0 spiro atoms. The Morgan fingerprint density at radius 2 is 2.07 bits per heavy atom. The van der Waals surface area contributed by atoms with Gasteiger partial charge in [0, 0.05) is 0 Å². The summed E-state index contributed by atoms with van der Waals surface area (Å²) < 4.78 is 1.45. The molecule has 15 heavy (non-hydrogen) atoms. The van der Waals surface area contributed by atoms with Crippen molar-refractivity contribution in [2.24, 2.45) is 0 Å². The number of hydrogen-bond acceptors (Lipinski definition) is 1. The van der Waals surface area contributed by atoms with Crippen LogP contribution < -0.4 is 4.46 Å². The minimum absolute atomic E-state index is 0.186. The molecule has 1 N–H and O–H groups in total. The number of aliphatic hydroxyl groups is 1. The van der Waals surface area contributed by atoms with E-state index in [4.69, 9.17) is 0 Å². The fourth-order valence-electron chi connectivity index (χ4n) is 1.34. The molecule has 0 aromatic heterocycles. The average molecular weight is 269 g/mol. The molecule has 82 valence electrons. The first-order valence-corrected chi connectivity index (χ1v) is 7.36. The van der Waals surface area contributed by atoms with Gasteiger partial charge in [0.2, 0.25) is 0 Å². The van der Waals surface area contributed by atoms with Gasteiger partial charge in [-0.15, -0.1) is 0 Å². The Labute approximate surface area is 98.4 Å². The van der Waals surface area contributed by atoms with Gasteiger partial charge in [-0.3, -0.25) is 0 Å². The summed E-state index contributed by atoms with van der Waals surface area (Å²) in [4.78, 5) is 0. The summed E-state index contributed by atoms with van der Waals surface area (Å²) in [6.45, 7) is 3.62. The topological polar surface area (TPSA) is 20.2 Å². The van der Waals surface area contributed by atoms with Crippen LogP contribution in [0.4, 0.5) is 0 Å². The third-order valence-electron chi connectivity index (χ3n) is 2.13. The van der Waals surface area contributed by atoms with Crippen LogP contribution in [0, 0.1) is 0 Å². The molecule has 1 aromatic rings. The molecule has 0 fully saturated rings. The predicted octanol–water partition coefficient (Wildman–Crippen LogP) is 2.15. The second-order valence-corrected chi connectivity index (χ2v) is 5.93. The molecule has 0 amide bonds. The van der Waals surface area contributed by atoms with Crippen LogP contribution in [0.1, 0.15) is 19.3 Å². The minimum atomic E-state index is -0.186. The Morgan fingerprint density at radius 1 is 1.33 bits per heavy atom. The zero-order valence-corrected chi connectivity index (χ0v) is 10.6. The maximum absolute atomic E-state index is 9.48. The third-order valence-corrected chi connectivity index (χ3v) is 4.44. The zero-order valence-electron chi connectivity index (χ0n) is 8.93. The van der Waals surface area contributed by atoms with Gasteiger partial charge in [0.1, 0.15) is 0 Å². The Kier molecular flexibility index (Phi) is 6.42. The van der Waals surface area contributed by atoms with Gasteiger partial charge >= 0.3 is 98.2 Å². The Morgan fingerprint density at radius 3 is 2.73 bits per heavy atom. The van der Waals surface area contributed by atoms with E-state index in [2.05, 4.69) is 30.8 Å². The van der Waals surface area contributed by atoms with Crippen LogP contribution in [0.15, 0.2) is 43.0 Å². The van der Waals surface area contributed by atoms with Crippen molar-refractivity contribution in [3.63, 3.8) is 0 Å². The van der Waals surface area contributed by atoms with E-state index >= 15 is 0 Å². The van der Waals surface area contributed by atoms with E-state index in [1.807, 2.05) is 6.07 Å². The van der Waals surface area contributed by atoms with Crippen LogP contribution in [-0.4, -0.2) is 26.2 Å². The van der Waals surface area contributed by atoms with Crippen LogP contribution in [0.2, 0.25) is 5.32 Å². The van der Waals surface area contributed by atoms with Gasteiger partial charge in [-0.2, -0.15) is 0 Å². The summed E-state index contributed by atoms with van der Waals surface area (Å²) in [6.07, 6.45) is 4.34. The zero-order chi connectivity index (χ0) is 10.9. The number of hydrogen-bond donors (Lipinski definition) is 1. The molecule has 0 heterocycles. The third kappa shape index (κ3) is 5.78. The van der Waals surface area contributed by atoms with Crippen LogP contribution in [0.5, 0.6) is 0 Å². The summed E-state index contributed by atoms with van der Waals surface area (Å²) in [6, 6.07) is 10.6. The molecule has 2 heteroatoms. The molecule has 0 aliphatic heterocycles. The summed E-state index contributed by atoms with van der Waals surface area (Å²) in [5.74, 6) is 0. The normalized spacial score (nSPS) is 12.3. The van der Waals surface area contributed by atoms with E-state index in [0.29, 0.717) is 15.0 Å². The fourth-order valence-corrected chi connectivity index (χ4v) is 3.22. The van der Waals surface area contributed by atoms with Crippen LogP contribution >= 0.6 is 0 Å². The first kappa shape index (κ1) is 12.5. The molecule has 1 rings (SSSR count). The molecule has 0 saturated carbocycles. The SMILES string of the molecule is C=CCC(O)CCC[Se]c1ccccc1. The number of rotatable bonds is 7. The van der Waals surface area contributed by atoms with Crippen molar-refractivity contribution in [1.82, 2.24) is 0 Å². The van der Waals surface area contributed by atoms with Crippen molar-refractivity contribution in [2.45, 2.75) is 30.7 Å². The van der Waals surface area contributed by atoms with E-state index in [1.165, 1.54) is 9.78 Å². The van der Waals surface area contributed by atoms with Crippen molar-refractivity contribution in [3.05, 3.63) is 43.0 Å². The fraction of sp³-hybridized carbons (Fsp3) is 0.385. The van der Waals surface area contributed by atoms with E-state index in [0.717, 1.165) is 19.3 Å². The van der Waals surface area contributed by atoms with Gasteiger partial charge in [0.15, 0.2) is 0 Å². The van der Waals surface area contributed by atoms with Crippen LogP contribution in [0.3, 0.4) is 0 Å². The number of benzene rings is 1. The summed E-state index contributed by atoms with van der Waals surface area (Å²) in [7, 11) is 0. The molecule has 0 bridgehead atoms. The van der Waals surface area contributed by atoms with Gasteiger partial charge in [-0.1, -0.05) is 0 Å². The monoisotopic (exact) mass is 270 g/mol. The second-order valence-electron chi connectivity index (χ2n) is 3.48. The maximum atomic E-state index is 9.48. The molecule has 0 aliphatic rings. The van der Waals surface area contributed by atoms with Crippen LogP contribution in [0.25, 0.3) is 0 Å². The first-order valence-electron chi connectivity index (χ1n) is 5.29. The second kappa shape index (κ2) is 7.70. The first-order chi connectivity index (χ1) is 7.33. The Hall–Kier alpha value is -0.561. The molecule has 1 nitrogen and oxygen atoms in total. The van der Waals surface area contributed by atoms with Gasteiger partial charge < -0.3 is 0 Å². The van der Waals surface area contributed by atoms with Gasteiger partial charge in [0.25, 0.3) is 0 Å². The van der Waals surface area contributed by atoms with Crippen molar-refractivity contribution in [3.8, 4) is 0 Å². The van der Waals surface area contributed by atoms with E-state index < -0.39 is 0 Å². The van der Waals surface area contributed by atoms with E-state index in [-0.39, 0.29) is 6.10 Å². The number of aliphatic hydroxyl groups excluding tert-OH is 1. The molecule has 1 aromatic carbocycles. The van der Waals surface area contributed by atoms with Crippen molar-refractivity contribution in [2.75, 3.05) is 0 Å². The molecule has 1 unspecified atom stereocenters. The quantitative estimate of drug-likeness (QED) is 0.457. The summed E-state index contributed by atoms with van der Waals surface area (Å²) in [5.41, 5.74) is 0. The molecule has 1 atom stereocenters. The summed E-state index contributed by atoms with van der Waals surface area (Å²) >= 11 is 0.565. The molecule has 0 aliphatic carbocycles. The summed E-state index contributed by atoms with van der Waals surface area (Å²) in [5, 5.41) is 10.7. The Bertz CT molecular complexity index is 271. The molecule has 0 radical (unpaired) electrons. The molecular formula is C13H18OSe. The average Bonchev–Trinajstić information content (AvgIpc) is 2.26. The van der Waals surface area contributed by atoms with E-state index in [9.17, 15) is 5.11 Å².